The fourth-order valence-corrected chi connectivity index (χ4v) is 1.62. The van der Waals surface area contributed by atoms with E-state index in [4.69, 9.17) is 5.73 Å². The summed E-state index contributed by atoms with van der Waals surface area (Å²) in [5.41, 5.74) is 6.76. The average Bonchev–Trinajstić information content (AvgIpc) is 2.28. The number of benzene rings is 2. The molecular weight excluding hydrogens is 227 g/mol. The molecule has 1 nitrogen and oxygen atoms in total. The molecule has 0 saturated heterocycles. The number of rotatable bonds is 2. The Bertz CT molecular complexity index is 502. The molecule has 0 aliphatic heterocycles. The molecule has 4 heteroatoms. The van der Waals surface area contributed by atoms with Crippen LogP contribution in [0.1, 0.15) is 17.2 Å². The molecule has 0 fully saturated rings. The topological polar surface area (TPSA) is 26.0 Å². The van der Waals surface area contributed by atoms with Gasteiger partial charge in [-0.1, -0.05) is 12.1 Å². The van der Waals surface area contributed by atoms with E-state index in [-0.39, 0.29) is 5.82 Å². The molecule has 0 aliphatic rings. The quantitative estimate of drug-likeness (QED) is 0.853. The summed E-state index contributed by atoms with van der Waals surface area (Å²) in [6.07, 6.45) is 0. The Morgan fingerprint density at radius 1 is 0.706 bits per heavy atom. The highest BCUT2D eigenvalue weighted by Gasteiger charge is 2.11. The van der Waals surface area contributed by atoms with Gasteiger partial charge in [-0.3, -0.25) is 0 Å². The third-order valence-corrected chi connectivity index (χ3v) is 2.47. The molecule has 0 radical (unpaired) electrons. The van der Waals surface area contributed by atoms with E-state index >= 15 is 0 Å². The molecule has 0 heterocycles. The summed E-state index contributed by atoms with van der Waals surface area (Å²) in [6, 6.07) is 7.91. The van der Waals surface area contributed by atoms with Crippen LogP contribution in [0.2, 0.25) is 0 Å². The first-order valence-corrected chi connectivity index (χ1v) is 5.03. The summed E-state index contributed by atoms with van der Waals surface area (Å²) in [7, 11) is 0. The van der Waals surface area contributed by atoms with Crippen LogP contribution in [0.3, 0.4) is 0 Å². The highest BCUT2D eigenvalue weighted by atomic mass is 19.1. The largest absolute Gasteiger partial charge is 0.320 e. The molecule has 0 aromatic heterocycles. The zero-order valence-corrected chi connectivity index (χ0v) is 8.83. The van der Waals surface area contributed by atoms with Crippen LogP contribution in [-0.4, -0.2) is 0 Å². The number of hydrogen-bond acceptors (Lipinski definition) is 1. The summed E-state index contributed by atoms with van der Waals surface area (Å²) >= 11 is 0. The molecule has 0 saturated carbocycles. The second-order valence-electron chi connectivity index (χ2n) is 3.73. The Morgan fingerprint density at radius 2 is 1.24 bits per heavy atom. The molecule has 2 rings (SSSR count). The molecule has 0 amide bonds. The van der Waals surface area contributed by atoms with Crippen molar-refractivity contribution in [1.29, 1.82) is 0 Å². The Kier molecular flexibility index (Phi) is 3.15. The molecule has 1 atom stereocenters. The second-order valence-corrected chi connectivity index (χ2v) is 3.73. The van der Waals surface area contributed by atoms with E-state index in [0.29, 0.717) is 11.1 Å². The van der Waals surface area contributed by atoms with Crippen LogP contribution in [0.5, 0.6) is 0 Å². The second kappa shape index (κ2) is 4.59. The molecule has 17 heavy (non-hydrogen) atoms. The maximum Gasteiger partial charge on any atom is 0.126 e. The lowest BCUT2D eigenvalue weighted by molar-refractivity contribution is 0.577. The van der Waals surface area contributed by atoms with Crippen LogP contribution < -0.4 is 5.73 Å². The zero-order chi connectivity index (χ0) is 12.4. The van der Waals surface area contributed by atoms with Crippen LogP contribution in [0, 0.1) is 17.5 Å². The van der Waals surface area contributed by atoms with Crippen molar-refractivity contribution in [2.45, 2.75) is 6.04 Å². The van der Waals surface area contributed by atoms with Crippen LogP contribution in [0.15, 0.2) is 42.5 Å². The summed E-state index contributed by atoms with van der Waals surface area (Å²) in [5, 5.41) is 0. The van der Waals surface area contributed by atoms with E-state index in [1.54, 1.807) is 0 Å². The minimum absolute atomic E-state index is 0.314. The first-order valence-electron chi connectivity index (χ1n) is 5.03. The van der Waals surface area contributed by atoms with Gasteiger partial charge in [0.25, 0.3) is 0 Å². The Labute approximate surface area is 96.7 Å². The summed E-state index contributed by atoms with van der Waals surface area (Å²) in [6.45, 7) is 0. The van der Waals surface area contributed by atoms with Gasteiger partial charge in [0.05, 0.1) is 6.04 Å². The smallest absolute Gasteiger partial charge is 0.126 e. The lowest BCUT2D eigenvalue weighted by atomic mass is 9.99. The molecular formula is C13H10F3N. The standard InChI is InChI=1S/C13H10F3N/c14-10-3-1-8(2-4-10)13(17)9-5-11(15)7-12(16)6-9/h1-7,13H,17H2. The first kappa shape index (κ1) is 11.7. The normalized spacial score (nSPS) is 12.5. The number of nitrogens with two attached hydrogens (primary N) is 1. The molecule has 2 aromatic carbocycles. The van der Waals surface area contributed by atoms with Gasteiger partial charge in [-0.05, 0) is 35.4 Å². The SMILES string of the molecule is NC(c1ccc(F)cc1)c1cc(F)cc(F)c1. The van der Waals surface area contributed by atoms with Crippen LogP contribution in [-0.2, 0) is 0 Å². The molecule has 0 bridgehead atoms. The highest BCUT2D eigenvalue weighted by molar-refractivity contribution is 5.32. The third-order valence-electron chi connectivity index (χ3n) is 2.47. The Balaban J connectivity index is 2.36. The first-order chi connectivity index (χ1) is 8.06. The van der Waals surface area contributed by atoms with E-state index in [9.17, 15) is 13.2 Å². The molecule has 2 N–H and O–H groups in total. The average molecular weight is 237 g/mol. The molecule has 0 spiro atoms. The van der Waals surface area contributed by atoms with Crippen molar-refractivity contribution in [3.8, 4) is 0 Å². The van der Waals surface area contributed by atoms with Gasteiger partial charge in [0.2, 0.25) is 0 Å². The van der Waals surface area contributed by atoms with Gasteiger partial charge in [0.15, 0.2) is 0 Å². The number of hydrogen-bond donors (Lipinski definition) is 1. The Hall–Kier alpha value is -1.81. The lowest BCUT2D eigenvalue weighted by Gasteiger charge is -2.12. The minimum atomic E-state index is -0.683. The lowest BCUT2D eigenvalue weighted by Crippen LogP contribution is -2.12. The number of halogens is 3. The fourth-order valence-electron chi connectivity index (χ4n) is 1.62. The molecule has 0 aliphatic carbocycles. The summed E-state index contributed by atoms with van der Waals surface area (Å²) < 4.78 is 38.7. The zero-order valence-electron chi connectivity index (χ0n) is 8.83. The fraction of sp³-hybridized carbons (Fsp3) is 0.0769. The predicted molar refractivity (Wildman–Crippen MR) is 58.8 cm³/mol. The Morgan fingerprint density at radius 3 is 1.76 bits per heavy atom. The van der Waals surface area contributed by atoms with Gasteiger partial charge in [-0.15, -0.1) is 0 Å². The summed E-state index contributed by atoms with van der Waals surface area (Å²) in [4.78, 5) is 0. The van der Waals surface area contributed by atoms with Crippen LogP contribution >= 0.6 is 0 Å². The molecule has 88 valence electrons. The van der Waals surface area contributed by atoms with Gasteiger partial charge >= 0.3 is 0 Å². The monoisotopic (exact) mass is 237 g/mol. The van der Waals surface area contributed by atoms with E-state index in [2.05, 4.69) is 0 Å². The minimum Gasteiger partial charge on any atom is -0.320 e. The van der Waals surface area contributed by atoms with Crippen molar-refractivity contribution in [2.75, 3.05) is 0 Å². The molecule has 1 unspecified atom stereocenters. The van der Waals surface area contributed by atoms with Gasteiger partial charge in [0.1, 0.15) is 17.5 Å². The predicted octanol–water partition coefficient (Wildman–Crippen LogP) is 3.15. The van der Waals surface area contributed by atoms with Crippen molar-refractivity contribution in [1.82, 2.24) is 0 Å². The van der Waals surface area contributed by atoms with Crippen molar-refractivity contribution in [3.63, 3.8) is 0 Å². The third kappa shape index (κ3) is 2.65. The van der Waals surface area contributed by atoms with E-state index < -0.39 is 17.7 Å². The van der Waals surface area contributed by atoms with Gasteiger partial charge in [-0.2, -0.15) is 0 Å². The van der Waals surface area contributed by atoms with Crippen molar-refractivity contribution in [3.05, 3.63) is 71.0 Å². The maximum atomic E-state index is 13.0. The van der Waals surface area contributed by atoms with E-state index in [1.807, 2.05) is 0 Å². The molecule has 2 aromatic rings. The van der Waals surface area contributed by atoms with E-state index in [0.717, 1.165) is 18.2 Å². The van der Waals surface area contributed by atoms with Gasteiger partial charge < -0.3 is 5.73 Å². The maximum absolute atomic E-state index is 13.0. The summed E-state index contributed by atoms with van der Waals surface area (Å²) in [5.74, 6) is -1.75. The van der Waals surface area contributed by atoms with Crippen molar-refractivity contribution in [2.24, 2.45) is 5.73 Å². The van der Waals surface area contributed by atoms with Gasteiger partial charge in [-0.25, -0.2) is 13.2 Å². The van der Waals surface area contributed by atoms with Crippen LogP contribution in [0.4, 0.5) is 13.2 Å². The van der Waals surface area contributed by atoms with Crippen molar-refractivity contribution < 1.29 is 13.2 Å². The van der Waals surface area contributed by atoms with Crippen molar-refractivity contribution >= 4 is 0 Å². The van der Waals surface area contributed by atoms with Gasteiger partial charge in [0, 0.05) is 6.07 Å². The van der Waals surface area contributed by atoms with Crippen LogP contribution in [0.25, 0.3) is 0 Å². The highest BCUT2D eigenvalue weighted by Crippen LogP contribution is 2.21. The van der Waals surface area contributed by atoms with E-state index in [1.165, 1.54) is 24.3 Å².